The van der Waals surface area contributed by atoms with Crippen LogP contribution >= 0.6 is 0 Å². The lowest BCUT2D eigenvalue weighted by Gasteiger charge is -2.08. The molecule has 0 saturated carbocycles. The number of ether oxygens (including phenoxy) is 1. The number of hydrogen-bond acceptors (Lipinski definition) is 2. The molecule has 0 radical (unpaired) electrons. The maximum atomic E-state index is 12.4. The Balaban J connectivity index is 2.27. The molecule has 0 saturated heterocycles. The van der Waals surface area contributed by atoms with Gasteiger partial charge in [0.05, 0.1) is 23.7 Å². The maximum Gasteiger partial charge on any atom is 0.279 e. The maximum absolute atomic E-state index is 12.4. The number of rotatable bonds is 2. The number of aromatic nitrogens is 2. The first-order valence-electron chi connectivity index (χ1n) is 6.03. The summed E-state index contributed by atoms with van der Waals surface area (Å²) in [5, 5.41) is 0.723. The van der Waals surface area contributed by atoms with E-state index in [2.05, 4.69) is 0 Å². The molecule has 4 heteroatoms. The summed E-state index contributed by atoms with van der Waals surface area (Å²) in [6.07, 6.45) is 0. The van der Waals surface area contributed by atoms with Gasteiger partial charge in [0.25, 0.3) is 5.56 Å². The van der Waals surface area contributed by atoms with Crippen LogP contribution in [-0.4, -0.2) is 16.5 Å². The van der Waals surface area contributed by atoms with Crippen molar-refractivity contribution in [1.29, 1.82) is 0 Å². The van der Waals surface area contributed by atoms with Crippen LogP contribution in [0.1, 0.15) is 0 Å². The normalized spacial score (nSPS) is 10.8. The first-order chi connectivity index (χ1) is 9.22. The van der Waals surface area contributed by atoms with Crippen LogP contribution in [-0.2, 0) is 7.05 Å². The number of aryl methyl sites for hydroxylation is 1. The van der Waals surface area contributed by atoms with Crippen LogP contribution in [0.2, 0.25) is 0 Å². The first kappa shape index (κ1) is 11.6. The molecule has 0 unspecified atom stereocenters. The summed E-state index contributed by atoms with van der Waals surface area (Å²) in [5.41, 5.74) is 1.73. The highest BCUT2D eigenvalue weighted by atomic mass is 16.5. The molecule has 0 spiro atoms. The van der Waals surface area contributed by atoms with Crippen molar-refractivity contribution in [2.24, 2.45) is 7.05 Å². The van der Waals surface area contributed by atoms with Gasteiger partial charge in [-0.3, -0.25) is 9.48 Å². The van der Waals surface area contributed by atoms with Gasteiger partial charge in [0, 0.05) is 7.05 Å². The van der Waals surface area contributed by atoms with Crippen LogP contribution in [0.4, 0.5) is 0 Å². The number of fused-ring (bicyclic) bond motifs is 1. The summed E-state index contributed by atoms with van der Waals surface area (Å²) < 4.78 is 8.65. The molecule has 96 valence electrons. The van der Waals surface area contributed by atoms with Gasteiger partial charge in [0.15, 0.2) is 0 Å². The molecule has 19 heavy (non-hydrogen) atoms. The molecule has 0 bridgehead atoms. The third kappa shape index (κ3) is 1.73. The van der Waals surface area contributed by atoms with Crippen molar-refractivity contribution in [1.82, 2.24) is 9.36 Å². The summed E-state index contributed by atoms with van der Waals surface area (Å²) in [6.45, 7) is 0. The number of benzene rings is 2. The fourth-order valence-corrected chi connectivity index (χ4v) is 2.31. The van der Waals surface area contributed by atoms with E-state index in [4.69, 9.17) is 4.74 Å². The van der Waals surface area contributed by atoms with Crippen molar-refractivity contribution < 1.29 is 4.74 Å². The van der Waals surface area contributed by atoms with E-state index in [1.165, 1.54) is 0 Å². The first-order valence-corrected chi connectivity index (χ1v) is 6.03. The zero-order valence-electron chi connectivity index (χ0n) is 10.8. The SMILES string of the molecule is COc1ccc(-n2c(=O)c3ccccc3n2C)cc1. The van der Waals surface area contributed by atoms with E-state index in [-0.39, 0.29) is 5.56 Å². The Morgan fingerprint density at radius 1 is 1.00 bits per heavy atom. The second-order valence-corrected chi connectivity index (χ2v) is 4.36. The van der Waals surface area contributed by atoms with Gasteiger partial charge < -0.3 is 4.74 Å². The molecule has 4 nitrogen and oxygen atoms in total. The van der Waals surface area contributed by atoms with E-state index in [0.29, 0.717) is 0 Å². The third-order valence-corrected chi connectivity index (χ3v) is 3.29. The van der Waals surface area contributed by atoms with Gasteiger partial charge in [-0.25, -0.2) is 4.68 Å². The van der Waals surface area contributed by atoms with Crippen LogP contribution in [0.5, 0.6) is 5.75 Å². The predicted octanol–water partition coefficient (Wildman–Crippen LogP) is 2.34. The van der Waals surface area contributed by atoms with Crippen molar-refractivity contribution in [3.63, 3.8) is 0 Å². The third-order valence-electron chi connectivity index (χ3n) is 3.29. The van der Waals surface area contributed by atoms with E-state index < -0.39 is 0 Å². The Morgan fingerprint density at radius 3 is 2.32 bits per heavy atom. The fourth-order valence-electron chi connectivity index (χ4n) is 2.31. The molecular weight excluding hydrogens is 240 g/mol. The van der Waals surface area contributed by atoms with Crippen molar-refractivity contribution in [3.8, 4) is 11.4 Å². The van der Waals surface area contributed by atoms with Gasteiger partial charge in [-0.2, -0.15) is 0 Å². The second kappa shape index (κ2) is 4.31. The molecule has 0 amide bonds. The minimum atomic E-state index is -0.0109. The van der Waals surface area contributed by atoms with Crippen LogP contribution in [0.25, 0.3) is 16.6 Å². The number of para-hydroxylation sites is 1. The number of methoxy groups -OCH3 is 1. The molecule has 0 aliphatic heterocycles. The molecule has 2 aromatic carbocycles. The van der Waals surface area contributed by atoms with Crippen molar-refractivity contribution in [2.45, 2.75) is 0 Å². The minimum Gasteiger partial charge on any atom is -0.497 e. The van der Waals surface area contributed by atoms with Gasteiger partial charge in [0.2, 0.25) is 0 Å². The zero-order valence-corrected chi connectivity index (χ0v) is 10.8. The molecule has 0 atom stereocenters. The highest BCUT2D eigenvalue weighted by molar-refractivity contribution is 5.79. The molecule has 3 rings (SSSR count). The van der Waals surface area contributed by atoms with Crippen LogP contribution in [0.15, 0.2) is 53.3 Å². The second-order valence-electron chi connectivity index (χ2n) is 4.36. The summed E-state index contributed by atoms with van der Waals surface area (Å²) >= 11 is 0. The van der Waals surface area contributed by atoms with Gasteiger partial charge in [-0.05, 0) is 36.4 Å². The number of hydrogen-bond donors (Lipinski definition) is 0. The molecule has 0 fully saturated rings. The molecule has 1 heterocycles. The van der Waals surface area contributed by atoms with Gasteiger partial charge >= 0.3 is 0 Å². The van der Waals surface area contributed by atoms with E-state index in [1.807, 2.05) is 60.3 Å². The Morgan fingerprint density at radius 2 is 1.68 bits per heavy atom. The lowest BCUT2D eigenvalue weighted by Crippen LogP contribution is -2.19. The Kier molecular flexibility index (Phi) is 2.63. The fraction of sp³-hybridized carbons (Fsp3) is 0.133. The monoisotopic (exact) mass is 254 g/mol. The average Bonchev–Trinajstić information content (AvgIpc) is 2.72. The van der Waals surface area contributed by atoms with Gasteiger partial charge in [-0.1, -0.05) is 12.1 Å². The Hall–Kier alpha value is -2.49. The van der Waals surface area contributed by atoms with Crippen LogP contribution in [0, 0.1) is 0 Å². The number of nitrogens with zero attached hydrogens (tertiary/aromatic N) is 2. The molecule has 0 N–H and O–H groups in total. The van der Waals surface area contributed by atoms with E-state index in [9.17, 15) is 4.79 Å². The summed E-state index contributed by atoms with van der Waals surface area (Å²) in [7, 11) is 3.51. The largest absolute Gasteiger partial charge is 0.497 e. The lowest BCUT2D eigenvalue weighted by molar-refractivity contribution is 0.414. The lowest BCUT2D eigenvalue weighted by atomic mass is 10.2. The Bertz CT molecular complexity index is 782. The minimum absolute atomic E-state index is 0.0109. The van der Waals surface area contributed by atoms with Gasteiger partial charge in [0.1, 0.15) is 5.75 Å². The quantitative estimate of drug-likeness (QED) is 0.703. The summed E-state index contributed by atoms with van der Waals surface area (Å²) in [4.78, 5) is 12.4. The van der Waals surface area contributed by atoms with E-state index in [0.717, 1.165) is 22.3 Å². The van der Waals surface area contributed by atoms with Crippen molar-refractivity contribution in [3.05, 3.63) is 58.9 Å². The van der Waals surface area contributed by atoms with Gasteiger partial charge in [-0.15, -0.1) is 0 Å². The molecule has 1 aromatic heterocycles. The van der Waals surface area contributed by atoms with E-state index in [1.54, 1.807) is 11.8 Å². The average molecular weight is 254 g/mol. The molecular formula is C15H14N2O2. The topological polar surface area (TPSA) is 36.2 Å². The Labute approximate surface area is 110 Å². The van der Waals surface area contributed by atoms with Crippen LogP contribution in [0.3, 0.4) is 0 Å². The standard InChI is InChI=1S/C15H14N2O2/c1-16-14-6-4-3-5-13(14)15(18)17(16)11-7-9-12(19-2)10-8-11/h3-10H,1-2H3. The van der Waals surface area contributed by atoms with Crippen molar-refractivity contribution >= 4 is 10.9 Å². The summed E-state index contributed by atoms with van der Waals surface area (Å²) in [5.74, 6) is 0.774. The van der Waals surface area contributed by atoms with Crippen molar-refractivity contribution in [2.75, 3.05) is 7.11 Å². The smallest absolute Gasteiger partial charge is 0.279 e. The highest BCUT2D eigenvalue weighted by Gasteiger charge is 2.11. The zero-order chi connectivity index (χ0) is 13.4. The molecule has 0 aliphatic rings. The molecule has 3 aromatic rings. The van der Waals surface area contributed by atoms with E-state index >= 15 is 0 Å². The highest BCUT2D eigenvalue weighted by Crippen LogP contribution is 2.16. The predicted molar refractivity (Wildman–Crippen MR) is 75.1 cm³/mol. The summed E-state index contributed by atoms with van der Waals surface area (Å²) in [6, 6.07) is 15.0. The molecule has 0 aliphatic carbocycles. The van der Waals surface area contributed by atoms with Crippen LogP contribution < -0.4 is 10.3 Å².